The van der Waals surface area contributed by atoms with Gasteiger partial charge in [-0.2, -0.15) is 0 Å². The van der Waals surface area contributed by atoms with Crippen molar-refractivity contribution in [2.24, 2.45) is 0 Å². The Bertz CT molecular complexity index is 529. The minimum absolute atomic E-state index is 0.299. The Morgan fingerprint density at radius 2 is 2.30 bits per heavy atom. The standard InChI is InChI=1S/C14H19FN4O/c1-2-6-16-10-13-11-19(18-17-13)7-8-20-14-5-3-4-12(15)9-14/h3-5,9,11,16H,2,6-8,10H2,1H3. The fourth-order valence-electron chi connectivity index (χ4n) is 1.74. The summed E-state index contributed by atoms with van der Waals surface area (Å²) in [6.45, 7) is 4.81. The van der Waals surface area contributed by atoms with Gasteiger partial charge in [-0.1, -0.05) is 18.2 Å². The van der Waals surface area contributed by atoms with Crippen LogP contribution in [0.3, 0.4) is 0 Å². The quantitative estimate of drug-likeness (QED) is 0.750. The van der Waals surface area contributed by atoms with Crippen LogP contribution < -0.4 is 10.1 Å². The summed E-state index contributed by atoms with van der Waals surface area (Å²) in [6.07, 6.45) is 2.98. The monoisotopic (exact) mass is 278 g/mol. The summed E-state index contributed by atoms with van der Waals surface area (Å²) in [4.78, 5) is 0. The van der Waals surface area contributed by atoms with Crippen molar-refractivity contribution < 1.29 is 9.13 Å². The van der Waals surface area contributed by atoms with E-state index >= 15 is 0 Å². The molecule has 108 valence electrons. The molecule has 0 saturated carbocycles. The second kappa shape index (κ2) is 7.59. The van der Waals surface area contributed by atoms with E-state index in [0.717, 1.165) is 25.2 Å². The molecule has 0 radical (unpaired) electrons. The van der Waals surface area contributed by atoms with Crippen LogP contribution in [-0.4, -0.2) is 28.1 Å². The lowest BCUT2D eigenvalue weighted by molar-refractivity contribution is 0.288. The molecule has 0 aliphatic carbocycles. The van der Waals surface area contributed by atoms with Gasteiger partial charge in [-0.25, -0.2) is 9.07 Å². The lowest BCUT2D eigenvalue weighted by Gasteiger charge is -2.05. The van der Waals surface area contributed by atoms with E-state index in [-0.39, 0.29) is 5.82 Å². The van der Waals surface area contributed by atoms with Crippen LogP contribution in [0, 0.1) is 5.82 Å². The van der Waals surface area contributed by atoms with Gasteiger partial charge in [0.15, 0.2) is 0 Å². The van der Waals surface area contributed by atoms with Gasteiger partial charge in [0, 0.05) is 18.8 Å². The third-order valence-electron chi connectivity index (χ3n) is 2.70. The Morgan fingerprint density at radius 1 is 1.40 bits per heavy atom. The van der Waals surface area contributed by atoms with Crippen LogP contribution in [-0.2, 0) is 13.1 Å². The maximum absolute atomic E-state index is 13.0. The SMILES string of the molecule is CCCNCc1cn(CCOc2cccc(F)c2)nn1. The maximum atomic E-state index is 13.0. The van der Waals surface area contributed by atoms with Crippen molar-refractivity contribution in [2.45, 2.75) is 26.4 Å². The summed E-state index contributed by atoms with van der Waals surface area (Å²) in [6, 6.07) is 6.10. The molecule has 0 atom stereocenters. The number of aromatic nitrogens is 3. The van der Waals surface area contributed by atoms with E-state index in [9.17, 15) is 4.39 Å². The summed E-state index contributed by atoms with van der Waals surface area (Å²) in [5, 5.41) is 11.3. The van der Waals surface area contributed by atoms with Gasteiger partial charge in [-0.05, 0) is 25.1 Å². The highest BCUT2D eigenvalue weighted by Crippen LogP contribution is 2.11. The third-order valence-corrected chi connectivity index (χ3v) is 2.70. The average Bonchev–Trinajstić information content (AvgIpc) is 2.87. The summed E-state index contributed by atoms with van der Waals surface area (Å²) < 4.78 is 20.1. The van der Waals surface area contributed by atoms with Crippen molar-refractivity contribution in [3.05, 3.63) is 42.0 Å². The van der Waals surface area contributed by atoms with Crippen LogP contribution in [0.2, 0.25) is 0 Å². The van der Waals surface area contributed by atoms with Crippen LogP contribution in [0.4, 0.5) is 4.39 Å². The highest BCUT2D eigenvalue weighted by molar-refractivity contribution is 5.22. The molecule has 1 aromatic carbocycles. The second-order valence-electron chi connectivity index (χ2n) is 4.46. The van der Waals surface area contributed by atoms with Gasteiger partial charge in [0.2, 0.25) is 0 Å². The Hall–Kier alpha value is -1.95. The zero-order valence-corrected chi connectivity index (χ0v) is 11.6. The van der Waals surface area contributed by atoms with Gasteiger partial charge in [0.25, 0.3) is 0 Å². The van der Waals surface area contributed by atoms with Crippen LogP contribution in [0.1, 0.15) is 19.0 Å². The Kier molecular flexibility index (Phi) is 5.49. The molecule has 0 spiro atoms. The van der Waals surface area contributed by atoms with E-state index in [0.29, 0.717) is 18.9 Å². The van der Waals surface area contributed by atoms with Crippen molar-refractivity contribution in [3.63, 3.8) is 0 Å². The first-order chi connectivity index (χ1) is 9.78. The fraction of sp³-hybridized carbons (Fsp3) is 0.429. The van der Waals surface area contributed by atoms with Crippen LogP contribution in [0.15, 0.2) is 30.5 Å². The Morgan fingerprint density at radius 3 is 3.10 bits per heavy atom. The van der Waals surface area contributed by atoms with Gasteiger partial charge in [-0.3, -0.25) is 0 Å². The first-order valence-electron chi connectivity index (χ1n) is 6.76. The van der Waals surface area contributed by atoms with Gasteiger partial charge >= 0.3 is 0 Å². The molecular formula is C14H19FN4O. The number of hydrogen-bond acceptors (Lipinski definition) is 4. The summed E-state index contributed by atoms with van der Waals surface area (Å²) in [5.74, 6) is 0.225. The van der Waals surface area contributed by atoms with Gasteiger partial charge in [0.05, 0.1) is 12.2 Å². The average molecular weight is 278 g/mol. The zero-order valence-electron chi connectivity index (χ0n) is 11.6. The Labute approximate surface area is 117 Å². The van der Waals surface area contributed by atoms with E-state index in [4.69, 9.17) is 4.74 Å². The summed E-state index contributed by atoms with van der Waals surface area (Å²) >= 11 is 0. The van der Waals surface area contributed by atoms with Crippen LogP contribution in [0.25, 0.3) is 0 Å². The number of nitrogens with zero attached hydrogens (tertiary/aromatic N) is 3. The van der Waals surface area contributed by atoms with Crippen molar-refractivity contribution in [2.75, 3.05) is 13.2 Å². The lowest BCUT2D eigenvalue weighted by atomic mass is 10.3. The topological polar surface area (TPSA) is 52.0 Å². The normalized spacial score (nSPS) is 10.7. The van der Waals surface area contributed by atoms with Crippen molar-refractivity contribution >= 4 is 0 Å². The first-order valence-corrected chi connectivity index (χ1v) is 6.76. The molecule has 0 fully saturated rings. The molecule has 0 aliphatic heterocycles. The van der Waals surface area contributed by atoms with Gasteiger partial charge in [-0.15, -0.1) is 5.10 Å². The lowest BCUT2D eigenvalue weighted by Crippen LogP contribution is -2.14. The fourth-order valence-corrected chi connectivity index (χ4v) is 1.74. The number of benzene rings is 1. The molecule has 1 aromatic heterocycles. The minimum Gasteiger partial charge on any atom is -0.492 e. The molecule has 0 saturated heterocycles. The van der Waals surface area contributed by atoms with E-state index in [1.165, 1.54) is 12.1 Å². The van der Waals surface area contributed by atoms with E-state index in [1.807, 2.05) is 6.20 Å². The molecule has 0 unspecified atom stereocenters. The van der Waals surface area contributed by atoms with Gasteiger partial charge < -0.3 is 10.1 Å². The molecule has 6 heteroatoms. The minimum atomic E-state index is -0.299. The number of nitrogens with one attached hydrogen (secondary N) is 1. The van der Waals surface area contributed by atoms with Crippen molar-refractivity contribution in [3.8, 4) is 5.75 Å². The third kappa shape index (κ3) is 4.62. The molecule has 20 heavy (non-hydrogen) atoms. The first kappa shape index (κ1) is 14.5. The molecular weight excluding hydrogens is 259 g/mol. The molecule has 0 bridgehead atoms. The largest absolute Gasteiger partial charge is 0.492 e. The number of rotatable bonds is 8. The highest BCUT2D eigenvalue weighted by Gasteiger charge is 2.01. The van der Waals surface area contributed by atoms with Crippen LogP contribution >= 0.6 is 0 Å². The van der Waals surface area contributed by atoms with Crippen LogP contribution in [0.5, 0.6) is 5.75 Å². The van der Waals surface area contributed by atoms with Gasteiger partial charge in [0.1, 0.15) is 18.2 Å². The Balaban J connectivity index is 1.74. The molecule has 1 heterocycles. The maximum Gasteiger partial charge on any atom is 0.126 e. The smallest absolute Gasteiger partial charge is 0.126 e. The summed E-state index contributed by atoms with van der Waals surface area (Å²) in [5.41, 5.74) is 0.907. The number of hydrogen-bond donors (Lipinski definition) is 1. The molecule has 2 aromatic rings. The number of halogens is 1. The molecule has 0 aliphatic rings. The summed E-state index contributed by atoms with van der Waals surface area (Å²) in [7, 11) is 0. The van der Waals surface area contributed by atoms with E-state index < -0.39 is 0 Å². The molecule has 2 rings (SSSR count). The molecule has 5 nitrogen and oxygen atoms in total. The molecule has 0 amide bonds. The molecule has 1 N–H and O–H groups in total. The predicted molar refractivity (Wildman–Crippen MR) is 73.9 cm³/mol. The van der Waals surface area contributed by atoms with Crippen molar-refractivity contribution in [1.82, 2.24) is 20.3 Å². The number of ether oxygens (including phenoxy) is 1. The zero-order chi connectivity index (χ0) is 14.2. The predicted octanol–water partition coefficient (Wildman–Crippen LogP) is 2.00. The highest BCUT2D eigenvalue weighted by atomic mass is 19.1. The van der Waals surface area contributed by atoms with E-state index in [2.05, 4.69) is 22.6 Å². The second-order valence-corrected chi connectivity index (χ2v) is 4.46. The van der Waals surface area contributed by atoms with Crippen molar-refractivity contribution in [1.29, 1.82) is 0 Å². The van der Waals surface area contributed by atoms with E-state index in [1.54, 1.807) is 16.8 Å².